The van der Waals surface area contributed by atoms with Crippen LogP contribution in [0.4, 0.5) is 10.1 Å². The Labute approximate surface area is 291 Å². The van der Waals surface area contributed by atoms with Crippen LogP contribution in [-0.4, -0.2) is 42.4 Å². The van der Waals surface area contributed by atoms with Crippen molar-refractivity contribution in [3.8, 4) is 16.9 Å². The van der Waals surface area contributed by atoms with Crippen LogP contribution in [0.15, 0.2) is 78.9 Å². The Morgan fingerprint density at radius 2 is 1.55 bits per heavy atom. The van der Waals surface area contributed by atoms with E-state index in [4.69, 9.17) is 19.2 Å². The van der Waals surface area contributed by atoms with Crippen LogP contribution in [0.5, 0.6) is 5.75 Å². The third-order valence-corrected chi connectivity index (χ3v) is 8.89. The van der Waals surface area contributed by atoms with E-state index in [1.807, 2.05) is 60.6 Å². The van der Waals surface area contributed by atoms with Crippen LogP contribution in [0.25, 0.3) is 11.1 Å². The van der Waals surface area contributed by atoms with Crippen molar-refractivity contribution in [3.63, 3.8) is 0 Å². The van der Waals surface area contributed by atoms with Crippen molar-refractivity contribution in [2.24, 2.45) is 5.92 Å². The molecule has 3 aromatic carbocycles. The van der Waals surface area contributed by atoms with E-state index in [9.17, 15) is 9.18 Å². The molecule has 260 valence electrons. The molecule has 1 saturated heterocycles. The summed E-state index contributed by atoms with van der Waals surface area (Å²) >= 11 is 0. The molecule has 0 saturated carbocycles. The van der Waals surface area contributed by atoms with Crippen molar-refractivity contribution < 1.29 is 23.4 Å². The number of pyridine rings is 1. The fourth-order valence-electron chi connectivity index (χ4n) is 6.67. The molecule has 0 N–H and O–H groups in total. The van der Waals surface area contributed by atoms with Gasteiger partial charge in [-0.2, -0.15) is 0 Å². The first kappa shape index (κ1) is 36.1. The maximum atomic E-state index is 13.8. The number of aromatic nitrogens is 1. The average molecular weight is 667 g/mol. The monoisotopic (exact) mass is 666 g/mol. The Balaban J connectivity index is 1.50. The van der Waals surface area contributed by atoms with Gasteiger partial charge in [0.05, 0.1) is 24.0 Å². The van der Waals surface area contributed by atoms with Crippen LogP contribution in [0.1, 0.15) is 81.6 Å². The minimum atomic E-state index is -0.944. The van der Waals surface area contributed by atoms with Crippen LogP contribution in [0.3, 0.4) is 0 Å². The summed E-state index contributed by atoms with van der Waals surface area (Å²) < 4.78 is 31.8. The van der Waals surface area contributed by atoms with Gasteiger partial charge in [-0.15, -0.1) is 0 Å². The number of benzene rings is 3. The lowest BCUT2D eigenvalue weighted by Gasteiger charge is -2.38. The van der Waals surface area contributed by atoms with Gasteiger partial charge < -0.3 is 19.1 Å². The molecule has 1 aliphatic rings. The fourth-order valence-corrected chi connectivity index (χ4v) is 6.67. The Hall–Kier alpha value is -4.23. The Morgan fingerprint density at radius 1 is 0.898 bits per heavy atom. The zero-order valence-corrected chi connectivity index (χ0v) is 30.1. The van der Waals surface area contributed by atoms with E-state index < -0.39 is 17.7 Å². The smallest absolute Gasteiger partial charge is 0.340 e. The third-order valence-electron chi connectivity index (χ3n) is 8.89. The van der Waals surface area contributed by atoms with Crippen LogP contribution in [-0.2, 0) is 27.1 Å². The number of halogens is 1. The van der Waals surface area contributed by atoms with Crippen LogP contribution in [0.2, 0.25) is 0 Å². The van der Waals surface area contributed by atoms with E-state index in [1.165, 1.54) is 17.7 Å². The molecule has 2 heterocycles. The number of anilines is 1. The SMILES string of the molecule is Cc1nc(C)c([C@H](OC(C)(C)C)C(=O)OC(C)C)c(N2CCC(Cc3ccccc3)CC2)c1-c1ccc(OCCc2ccc(F)cc2)cc1. The standard InChI is InChI=1S/C42H51FN2O4/c1-28(2)48-41(46)40(49-42(5,6)7)38-30(4)44-29(3)37(39(38)45-24-21-33(22-25-45)27-32-11-9-8-10-12-32)34-15-19-36(20-16-34)47-26-23-31-13-17-35(43)18-14-31/h8-20,28,33,40H,21-27H2,1-7H3/t40-/m0/s1. The van der Waals surface area contributed by atoms with Crippen molar-refractivity contribution in [1.82, 2.24) is 4.98 Å². The van der Waals surface area contributed by atoms with E-state index in [0.717, 1.165) is 77.4 Å². The predicted octanol–water partition coefficient (Wildman–Crippen LogP) is 9.39. The molecule has 0 bridgehead atoms. The number of carbonyl (C=O) groups excluding carboxylic acids is 1. The molecular weight excluding hydrogens is 615 g/mol. The van der Waals surface area contributed by atoms with E-state index >= 15 is 0 Å². The summed E-state index contributed by atoms with van der Waals surface area (Å²) in [4.78, 5) is 21.3. The van der Waals surface area contributed by atoms with Gasteiger partial charge in [0, 0.05) is 42.0 Å². The molecule has 0 radical (unpaired) electrons. The lowest BCUT2D eigenvalue weighted by atomic mass is 9.88. The van der Waals surface area contributed by atoms with Gasteiger partial charge in [0.25, 0.3) is 0 Å². The summed E-state index contributed by atoms with van der Waals surface area (Å²) in [6.07, 6.45) is 2.58. The van der Waals surface area contributed by atoms with Crippen molar-refractivity contribution >= 4 is 11.7 Å². The van der Waals surface area contributed by atoms with Crippen molar-refractivity contribution in [3.05, 3.63) is 113 Å². The normalized spacial score (nSPS) is 14.6. The molecule has 1 aliphatic heterocycles. The third kappa shape index (κ3) is 9.69. The average Bonchev–Trinajstić information content (AvgIpc) is 3.05. The first-order valence-corrected chi connectivity index (χ1v) is 17.5. The Kier molecular flexibility index (Phi) is 11.8. The minimum absolute atomic E-state index is 0.242. The fraction of sp³-hybridized carbons (Fsp3) is 0.429. The molecule has 1 fully saturated rings. The van der Waals surface area contributed by atoms with Gasteiger partial charge in [-0.3, -0.25) is 4.98 Å². The second-order valence-corrected chi connectivity index (χ2v) is 14.4. The highest BCUT2D eigenvalue weighted by atomic mass is 19.1. The highest BCUT2D eigenvalue weighted by Gasteiger charge is 2.37. The number of hydrogen-bond donors (Lipinski definition) is 0. The van der Waals surface area contributed by atoms with Crippen LogP contribution >= 0.6 is 0 Å². The summed E-state index contributed by atoms with van der Waals surface area (Å²) in [5.41, 5.74) is 7.17. The van der Waals surface area contributed by atoms with Crippen molar-refractivity contribution in [1.29, 1.82) is 0 Å². The molecule has 1 aromatic heterocycles. The summed E-state index contributed by atoms with van der Waals surface area (Å²) in [6.45, 7) is 15.8. The molecular formula is C42H51FN2O4. The van der Waals surface area contributed by atoms with Gasteiger partial charge in [0.15, 0.2) is 6.10 Å². The molecule has 0 amide bonds. The number of hydrogen-bond acceptors (Lipinski definition) is 6. The van der Waals surface area contributed by atoms with Gasteiger partial charge in [0.2, 0.25) is 0 Å². The van der Waals surface area contributed by atoms with E-state index in [1.54, 1.807) is 12.1 Å². The highest BCUT2D eigenvalue weighted by molar-refractivity contribution is 5.88. The topological polar surface area (TPSA) is 60.9 Å². The molecule has 5 rings (SSSR count). The first-order valence-electron chi connectivity index (χ1n) is 17.5. The molecule has 49 heavy (non-hydrogen) atoms. The number of aryl methyl sites for hydroxylation is 2. The highest BCUT2D eigenvalue weighted by Crippen LogP contribution is 2.44. The second kappa shape index (κ2) is 16.0. The van der Waals surface area contributed by atoms with Gasteiger partial charge >= 0.3 is 5.97 Å². The molecule has 0 spiro atoms. The summed E-state index contributed by atoms with van der Waals surface area (Å²) in [5.74, 6) is 0.679. The maximum absolute atomic E-state index is 13.8. The van der Waals surface area contributed by atoms with Gasteiger partial charge in [-0.05, 0) is 115 Å². The summed E-state index contributed by atoms with van der Waals surface area (Å²) in [6, 6.07) is 25.3. The van der Waals surface area contributed by atoms with Crippen LogP contribution in [0, 0.1) is 25.6 Å². The van der Waals surface area contributed by atoms with Gasteiger partial charge in [-0.25, -0.2) is 9.18 Å². The molecule has 1 atom stereocenters. The number of esters is 1. The van der Waals surface area contributed by atoms with Crippen LogP contribution < -0.4 is 9.64 Å². The van der Waals surface area contributed by atoms with Crippen molar-refractivity contribution in [2.75, 3.05) is 24.6 Å². The summed E-state index contributed by atoms with van der Waals surface area (Å²) in [5, 5.41) is 0. The number of nitrogens with zero attached hydrogens (tertiary/aromatic N) is 2. The second-order valence-electron chi connectivity index (χ2n) is 14.4. The number of ether oxygens (including phenoxy) is 3. The lowest BCUT2D eigenvalue weighted by Crippen LogP contribution is -2.37. The Bertz CT molecular complexity index is 1670. The predicted molar refractivity (Wildman–Crippen MR) is 195 cm³/mol. The minimum Gasteiger partial charge on any atom is -0.493 e. The zero-order chi connectivity index (χ0) is 35.1. The quantitative estimate of drug-likeness (QED) is 0.141. The molecule has 7 heteroatoms. The van der Waals surface area contributed by atoms with Gasteiger partial charge in [-0.1, -0.05) is 54.6 Å². The van der Waals surface area contributed by atoms with Gasteiger partial charge in [0.1, 0.15) is 11.6 Å². The Morgan fingerprint density at radius 3 is 2.16 bits per heavy atom. The number of rotatable bonds is 12. The zero-order valence-electron chi connectivity index (χ0n) is 30.1. The molecule has 6 nitrogen and oxygen atoms in total. The summed E-state index contributed by atoms with van der Waals surface area (Å²) in [7, 11) is 0. The molecule has 0 unspecified atom stereocenters. The number of carbonyl (C=O) groups is 1. The van der Waals surface area contributed by atoms with E-state index in [2.05, 4.69) is 47.4 Å². The lowest BCUT2D eigenvalue weighted by molar-refractivity contribution is -0.171. The molecule has 4 aromatic rings. The first-order chi connectivity index (χ1) is 23.4. The van der Waals surface area contributed by atoms with Crippen molar-refractivity contribution in [2.45, 2.75) is 92.0 Å². The maximum Gasteiger partial charge on any atom is 0.340 e. The van der Waals surface area contributed by atoms with E-state index in [-0.39, 0.29) is 11.9 Å². The largest absolute Gasteiger partial charge is 0.493 e. The number of piperidine rings is 1. The van der Waals surface area contributed by atoms with E-state index in [0.29, 0.717) is 18.9 Å². The molecule has 0 aliphatic carbocycles.